The van der Waals surface area contributed by atoms with Gasteiger partial charge in [0.25, 0.3) is 5.91 Å². The minimum atomic E-state index is -0.819. The lowest BCUT2D eigenvalue weighted by Crippen LogP contribution is -2.30. The van der Waals surface area contributed by atoms with Crippen LogP contribution in [0.4, 0.5) is 5.13 Å². The first-order valence-electron chi connectivity index (χ1n) is 11.1. The number of aliphatic hydroxyl groups excluding tert-OH is 1. The fourth-order valence-electron chi connectivity index (χ4n) is 3.72. The summed E-state index contributed by atoms with van der Waals surface area (Å²) in [6.45, 7) is 4.82. The van der Waals surface area contributed by atoms with Gasteiger partial charge in [0.1, 0.15) is 5.75 Å². The highest BCUT2D eigenvalue weighted by atomic mass is 32.1. The van der Waals surface area contributed by atoms with Crippen LogP contribution in [0.3, 0.4) is 0 Å². The predicted octanol–water partition coefficient (Wildman–Crippen LogP) is 5.75. The number of aliphatic hydroxyl groups is 1. The van der Waals surface area contributed by atoms with Crippen molar-refractivity contribution >= 4 is 34.2 Å². The van der Waals surface area contributed by atoms with Crippen LogP contribution in [-0.2, 0) is 9.59 Å². The number of carbonyl (C=O) groups is 2. The Morgan fingerprint density at radius 1 is 1.21 bits per heavy atom. The van der Waals surface area contributed by atoms with E-state index in [0.29, 0.717) is 29.0 Å². The summed E-state index contributed by atoms with van der Waals surface area (Å²) < 4.78 is 5.90. The highest BCUT2D eigenvalue weighted by molar-refractivity contribution is 7.13. The number of anilines is 1. The largest absolute Gasteiger partial charge is 0.503 e. The highest BCUT2D eigenvalue weighted by Gasteiger charge is 2.45. The molecule has 2 aromatic carbocycles. The van der Waals surface area contributed by atoms with Crippen LogP contribution in [0.25, 0.3) is 6.08 Å². The predicted molar refractivity (Wildman–Crippen MR) is 134 cm³/mol. The molecule has 3 aromatic rings. The molecule has 1 aromatic heterocycles. The van der Waals surface area contributed by atoms with Crippen molar-refractivity contribution < 1.29 is 19.4 Å². The number of allylic oxidation sites excluding steroid dienone is 1. The molecule has 0 fully saturated rings. The Labute approximate surface area is 202 Å². The first kappa shape index (κ1) is 23.4. The highest BCUT2D eigenvalue weighted by Crippen LogP contribution is 2.42. The third kappa shape index (κ3) is 5.10. The monoisotopic (exact) mass is 474 g/mol. The maximum atomic E-state index is 13.3. The number of carbonyl (C=O) groups excluding carboxylic acids is 2. The summed E-state index contributed by atoms with van der Waals surface area (Å²) in [6.07, 6.45) is 5.55. The van der Waals surface area contributed by atoms with Crippen molar-refractivity contribution in [2.45, 2.75) is 26.3 Å². The molecule has 0 radical (unpaired) electrons. The number of ether oxygens (including phenoxy) is 1. The zero-order valence-electron chi connectivity index (χ0n) is 19.0. The average Bonchev–Trinajstić information content (AvgIpc) is 3.45. The van der Waals surface area contributed by atoms with E-state index in [1.54, 1.807) is 17.7 Å². The second-order valence-electron chi connectivity index (χ2n) is 8.37. The van der Waals surface area contributed by atoms with Gasteiger partial charge in [0.05, 0.1) is 18.2 Å². The maximum absolute atomic E-state index is 13.3. The molecule has 1 N–H and O–H groups in total. The summed E-state index contributed by atoms with van der Waals surface area (Å²) in [5, 5.41) is 12.9. The number of rotatable bonds is 9. The Bertz CT molecular complexity index is 1220. The molecule has 174 valence electrons. The third-order valence-electron chi connectivity index (χ3n) is 5.46. The molecule has 1 aliphatic rings. The van der Waals surface area contributed by atoms with Crippen LogP contribution in [0.1, 0.15) is 37.4 Å². The summed E-state index contributed by atoms with van der Waals surface area (Å²) in [7, 11) is 0. The Morgan fingerprint density at radius 2 is 2.00 bits per heavy atom. The summed E-state index contributed by atoms with van der Waals surface area (Å²) in [5.41, 5.74) is 1.52. The summed E-state index contributed by atoms with van der Waals surface area (Å²) in [5.74, 6) is -0.499. The lowest BCUT2D eigenvalue weighted by atomic mass is 9.95. The number of benzene rings is 2. The van der Waals surface area contributed by atoms with Gasteiger partial charge in [-0.25, -0.2) is 4.98 Å². The number of hydrogen-bond acceptors (Lipinski definition) is 6. The molecule has 1 atom stereocenters. The lowest BCUT2D eigenvalue weighted by Gasteiger charge is -2.24. The Balaban J connectivity index is 1.70. The van der Waals surface area contributed by atoms with Gasteiger partial charge < -0.3 is 9.84 Å². The quantitative estimate of drug-likeness (QED) is 0.400. The Hall–Kier alpha value is -3.71. The summed E-state index contributed by atoms with van der Waals surface area (Å²) >= 11 is 1.27. The number of aromatic nitrogens is 1. The second-order valence-corrected chi connectivity index (χ2v) is 9.24. The number of nitrogens with zero attached hydrogens (tertiary/aromatic N) is 2. The van der Waals surface area contributed by atoms with Crippen molar-refractivity contribution in [3.05, 3.63) is 94.7 Å². The van der Waals surface area contributed by atoms with Gasteiger partial charge in [-0.2, -0.15) is 0 Å². The maximum Gasteiger partial charge on any atom is 0.296 e. The number of hydrogen-bond donors (Lipinski definition) is 1. The van der Waals surface area contributed by atoms with Crippen LogP contribution in [0, 0.1) is 5.92 Å². The van der Waals surface area contributed by atoms with Gasteiger partial charge in [0.2, 0.25) is 0 Å². The number of thiazole rings is 1. The van der Waals surface area contributed by atoms with Gasteiger partial charge >= 0.3 is 0 Å². The molecule has 0 bridgehead atoms. The summed E-state index contributed by atoms with van der Waals surface area (Å²) in [4.78, 5) is 32.0. The fourth-order valence-corrected chi connectivity index (χ4v) is 4.38. The minimum absolute atomic E-state index is 0.0201. The van der Waals surface area contributed by atoms with E-state index in [9.17, 15) is 14.7 Å². The lowest BCUT2D eigenvalue weighted by molar-refractivity contribution is -0.117. The van der Waals surface area contributed by atoms with Crippen molar-refractivity contribution in [3.63, 3.8) is 0 Å². The Kier molecular flexibility index (Phi) is 7.23. The van der Waals surface area contributed by atoms with E-state index in [4.69, 9.17) is 4.74 Å². The number of ketones is 1. The molecule has 1 amide bonds. The zero-order chi connectivity index (χ0) is 24.1. The molecule has 6 nitrogen and oxygen atoms in total. The summed E-state index contributed by atoms with van der Waals surface area (Å²) in [6, 6.07) is 15.9. The Morgan fingerprint density at radius 3 is 2.71 bits per heavy atom. The van der Waals surface area contributed by atoms with Crippen molar-refractivity contribution in [2.75, 3.05) is 11.5 Å². The first-order chi connectivity index (χ1) is 16.5. The third-order valence-corrected chi connectivity index (χ3v) is 6.23. The van der Waals surface area contributed by atoms with E-state index in [1.165, 1.54) is 22.3 Å². The van der Waals surface area contributed by atoms with Gasteiger partial charge in [-0.3, -0.25) is 14.5 Å². The molecule has 1 unspecified atom stereocenters. The van der Waals surface area contributed by atoms with Crippen molar-refractivity contribution in [2.24, 2.45) is 5.92 Å². The van der Waals surface area contributed by atoms with Crippen LogP contribution in [-0.4, -0.2) is 28.4 Å². The molecule has 7 heteroatoms. The van der Waals surface area contributed by atoms with E-state index < -0.39 is 23.5 Å². The van der Waals surface area contributed by atoms with Gasteiger partial charge in [-0.05, 0) is 41.7 Å². The van der Waals surface area contributed by atoms with E-state index >= 15 is 0 Å². The normalized spacial score (nSPS) is 16.1. The molecule has 0 saturated heterocycles. The van der Waals surface area contributed by atoms with Crippen LogP contribution in [0.2, 0.25) is 0 Å². The fraction of sp³-hybridized carbons (Fsp3) is 0.222. The van der Waals surface area contributed by atoms with Crippen molar-refractivity contribution in [1.82, 2.24) is 4.98 Å². The second kappa shape index (κ2) is 10.5. The molecule has 2 heterocycles. The average molecular weight is 475 g/mol. The molecular formula is C27H26N2O4S. The van der Waals surface area contributed by atoms with Crippen molar-refractivity contribution in [3.8, 4) is 5.75 Å². The first-order valence-corrected chi connectivity index (χ1v) is 12.0. The zero-order valence-corrected chi connectivity index (χ0v) is 19.9. The van der Waals surface area contributed by atoms with E-state index in [0.717, 1.165) is 12.0 Å². The molecule has 4 rings (SSSR count). The van der Waals surface area contributed by atoms with Crippen LogP contribution in [0.5, 0.6) is 5.75 Å². The van der Waals surface area contributed by atoms with E-state index in [-0.39, 0.29) is 5.57 Å². The van der Waals surface area contributed by atoms with Gasteiger partial charge in [0.15, 0.2) is 16.7 Å². The van der Waals surface area contributed by atoms with E-state index in [1.807, 2.05) is 54.6 Å². The van der Waals surface area contributed by atoms with Crippen LogP contribution < -0.4 is 9.64 Å². The smallest absolute Gasteiger partial charge is 0.296 e. The molecule has 0 saturated carbocycles. The van der Waals surface area contributed by atoms with E-state index in [2.05, 4.69) is 18.8 Å². The molecule has 0 spiro atoms. The minimum Gasteiger partial charge on any atom is -0.503 e. The molecule has 34 heavy (non-hydrogen) atoms. The van der Waals surface area contributed by atoms with Gasteiger partial charge in [-0.1, -0.05) is 62.4 Å². The molecule has 1 aliphatic heterocycles. The molecule has 0 aliphatic carbocycles. The van der Waals surface area contributed by atoms with Gasteiger partial charge in [0, 0.05) is 11.6 Å². The van der Waals surface area contributed by atoms with Gasteiger partial charge in [-0.15, -0.1) is 11.3 Å². The standard InChI is InChI=1S/C27H26N2O4S/c1-18(2)13-15-33-21-10-6-9-20(17-21)24-23(22(30)12-11-19-7-4-3-5-8-19)25(31)26(32)29(24)27-28-14-16-34-27/h3-12,14,16-18,24,31H,13,15H2,1-2H3/b12-11+. The topological polar surface area (TPSA) is 79.7 Å². The van der Waals surface area contributed by atoms with Crippen LogP contribution in [0.15, 0.2) is 83.6 Å². The van der Waals surface area contributed by atoms with Crippen molar-refractivity contribution in [1.29, 1.82) is 0 Å². The SMILES string of the molecule is CC(C)CCOc1cccc(C2C(C(=O)/C=C/c3ccccc3)=C(O)C(=O)N2c2nccs2)c1. The van der Waals surface area contributed by atoms with Crippen LogP contribution >= 0.6 is 11.3 Å². The molecular weight excluding hydrogens is 448 g/mol. The number of amides is 1.